The number of hydrogen-bond acceptors (Lipinski definition) is 4. The largest absolute Gasteiger partial charge is 0.462 e. The smallest absolute Gasteiger partial charge is 0.368 e. The van der Waals surface area contributed by atoms with Crippen molar-refractivity contribution in [2.45, 2.75) is 46.1 Å². The molecule has 0 saturated heterocycles. The molecule has 0 radical (unpaired) electrons. The van der Waals surface area contributed by atoms with Crippen LogP contribution in [-0.2, 0) is 20.2 Å². The highest BCUT2D eigenvalue weighted by Gasteiger charge is 2.39. The second kappa shape index (κ2) is 6.08. The summed E-state index contributed by atoms with van der Waals surface area (Å²) in [5.74, 6) is 0.686. The first-order valence-electron chi connectivity index (χ1n) is 7.45. The van der Waals surface area contributed by atoms with Gasteiger partial charge in [0.25, 0.3) is 0 Å². The molecule has 2 atom stereocenters. The molecule has 0 amide bonds. The van der Waals surface area contributed by atoms with Gasteiger partial charge in [0.05, 0.1) is 6.61 Å². The fraction of sp³-hybridized carbons (Fsp3) is 0.625. The Labute approximate surface area is 128 Å². The Morgan fingerprint density at radius 3 is 2.57 bits per heavy atom. The minimum atomic E-state index is -2.31. The molecular weight excluding hydrogens is 284 g/mol. The quantitative estimate of drug-likeness (QED) is 0.784. The molecule has 0 fully saturated rings. The van der Waals surface area contributed by atoms with Crippen LogP contribution in [0.3, 0.4) is 0 Å². The fourth-order valence-corrected chi connectivity index (χ4v) is 3.94. The molecule has 2 rings (SSSR count). The lowest BCUT2D eigenvalue weighted by Gasteiger charge is -2.40. The maximum Gasteiger partial charge on any atom is 0.368 e. The van der Waals surface area contributed by atoms with E-state index in [4.69, 9.17) is 18.3 Å². The van der Waals surface area contributed by atoms with Gasteiger partial charge in [0.2, 0.25) is 5.79 Å². The van der Waals surface area contributed by atoms with Crippen LogP contribution < -0.4 is 9.92 Å². The lowest BCUT2D eigenvalue weighted by atomic mass is 9.98. The highest BCUT2D eigenvalue weighted by Crippen LogP contribution is 2.36. The van der Waals surface area contributed by atoms with Crippen molar-refractivity contribution >= 4 is 13.7 Å². The van der Waals surface area contributed by atoms with Crippen LogP contribution >= 0.6 is 0 Å². The molecule has 5 heteroatoms. The lowest BCUT2D eigenvalue weighted by Crippen LogP contribution is -2.50. The summed E-state index contributed by atoms with van der Waals surface area (Å²) in [5.41, 5.74) is 1.06. The van der Waals surface area contributed by atoms with Gasteiger partial charge in [-0.1, -0.05) is 19.9 Å². The second-order valence-electron chi connectivity index (χ2n) is 5.89. The predicted molar refractivity (Wildman–Crippen MR) is 85.0 cm³/mol. The van der Waals surface area contributed by atoms with Crippen molar-refractivity contribution < 1.29 is 18.3 Å². The van der Waals surface area contributed by atoms with E-state index in [1.54, 1.807) is 14.2 Å². The number of ether oxygens (including phenoxy) is 2. The Morgan fingerprint density at radius 1 is 1.33 bits per heavy atom. The predicted octanol–water partition coefficient (Wildman–Crippen LogP) is 2.93. The van der Waals surface area contributed by atoms with E-state index >= 15 is 0 Å². The summed E-state index contributed by atoms with van der Waals surface area (Å²) in [6, 6.07) is 6.14. The molecule has 1 aromatic rings. The Morgan fingerprint density at radius 2 is 2.00 bits per heavy atom. The Bertz CT molecular complexity index is 501. The van der Waals surface area contributed by atoms with E-state index in [2.05, 4.69) is 19.9 Å². The van der Waals surface area contributed by atoms with Gasteiger partial charge in [-0.2, -0.15) is 0 Å². The average Bonchev–Trinajstić information content (AvgIpc) is 2.52. The van der Waals surface area contributed by atoms with Gasteiger partial charge in [0.1, 0.15) is 5.75 Å². The highest BCUT2D eigenvalue weighted by atomic mass is 28.4. The summed E-state index contributed by atoms with van der Waals surface area (Å²) < 4.78 is 23.3. The number of benzene rings is 1. The van der Waals surface area contributed by atoms with Crippen molar-refractivity contribution in [2.24, 2.45) is 5.92 Å². The molecular formula is C16H26O4Si. The SMILES string of the molecule is CCC(C)C1(C)OCc2cc([Si](C)(OC)OC)ccc2O1. The lowest BCUT2D eigenvalue weighted by molar-refractivity contribution is -0.223. The molecule has 1 aromatic carbocycles. The van der Waals surface area contributed by atoms with E-state index in [-0.39, 0.29) is 0 Å². The second-order valence-corrected chi connectivity index (χ2v) is 9.18. The summed E-state index contributed by atoms with van der Waals surface area (Å²) in [7, 11) is 1.08. The van der Waals surface area contributed by atoms with E-state index in [9.17, 15) is 0 Å². The summed E-state index contributed by atoms with van der Waals surface area (Å²) >= 11 is 0. The molecule has 0 aromatic heterocycles. The fourth-order valence-electron chi connectivity index (χ4n) is 2.48. The van der Waals surface area contributed by atoms with Crippen molar-refractivity contribution in [3.8, 4) is 5.75 Å². The minimum absolute atomic E-state index is 0.336. The molecule has 2 unspecified atom stereocenters. The van der Waals surface area contributed by atoms with Crippen molar-refractivity contribution in [1.82, 2.24) is 0 Å². The van der Waals surface area contributed by atoms with Gasteiger partial charge in [0, 0.05) is 32.6 Å². The molecule has 0 spiro atoms. The van der Waals surface area contributed by atoms with Gasteiger partial charge in [-0.25, -0.2) is 0 Å². The molecule has 118 valence electrons. The van der Waals surface area contributed by atoms with Gasteiger partial charge in [-0.3, -0.25) is 0 Å². The maximum absolute atomic E-state index is 6.12. The van der Waals surface area contributed by atoms with E-state index in [0.29, 0.717) is 12.5 Å². The Hall–Kier alpha value is -0.883. The van der Waals surface area contributed by atoms with Gasteiger partial charge in [-0.15, -0.1) is 0 Å². The van der Waals surface area contributed by atoms with Crippen LogP contribution in [0.4, 0.5) is 0 Å². The van der Waals surface area contributed by atoms with E-state index < -0.39 is 14.3 Å². The topological polar surface area (TPSA) is 36.9 Å². The Kier molecular flexibility index (Phi) is 4.78. The van der Waals surface area contributed by atoms with E-state index in [1.807, 2.05) is 25.6 Å². The van der Waals surface area contributed by atoms with Gasteiger partial charge in [0.15, 0.2) is 0 Å². The third-order valence-electron chi connectivity index (χ3n) is 4.70. The van der Waals surface area contributed by atoms with E-state index in [0.717, 1.165) is 22.9 Å². The summed E-state index contributed by atoms with van der Waals surface area (Å²) in [6.07, 6.45) is 1.02. The van der Waals surface area contributed by atoms with E-state index in [1.165, 1.54) is 0 Å². The van der Waals surface area contributed by atoms with Crippen LogP contribution in [0.5, 0.6) is 5.75 Å². The zero-order valence-corrected chi connectivity index (χ0v) is 14.9. The molecule has 0 saturated carbocycles. The third-order valence-corrected chi connectivity index (χ3v) is 7.62. The zero-order chi connectivity index (χ0) is 15.7. The first kappa shape index (κ1) is 16.5. The molecule has 1 heterocycles. The molecule has 4 nitrogen and oxygen atoms in total. The zero-order valence-electron chi connectivity index (χ0n) is 13.9. The van der Waals surface area contributed by atoms with Gasteiger partial charge in [-0.05, 0) is 30.3 Å². The number of hydrogen-bond donors (Lipinski definition) is 0. The molecule has 21 heavy (non-hydrogen) atoms. The van der Waals surface area contributed by atoms with Crippen molar-refractivity contribution in [2.75, 3.05) is 14.2 Å². The monoisotopic (exact) mass is 310 g/mol. The van der Waals surface area contributed by atoms with Gasteiger partial charge < -0.3 is 18.3 Å². The van der Waals surface area contributed by atoms with Crippen LogP contribution in [0, 0.1) is 5.92 Å². The third kappa shape index (κ3) is 3.01. The van der Waals surface area contributed by atoms with Crippen molar-refractivity contribution in [3.05, 3.63) is 23.8 Å². The van der Waals surface area contributed by atoms with Crippen LogP contribution in [0.1, 0.15) is 32.8 Å². The summed E-state index contributed by atoms with van der Waals surface area (Å²) in [6.45, 7) is 8.90. The minimum Gasteiger partial charge on any atom is -0.462 e. The summed E-state index contributed by atoms with van der Waals surface area (Å²) in [4.78, 5) is 0. The number of rotatable bonds is 5. The Balaban J connectivity index is 2.30. The normalized spacial score (nSPS) is 23.3. The van der Waals surface area contributed by atoms with Crippen LogP contribution in [-0.4, -0.2) is 28.6 Å². The average molecular weight is 310 g/mol. The first-order valence-corrected chi connectivity index (χ1v) is 9.77. The molecule has 0 aliphatic carbocycles. The standard InChI is InChI=1S/C16H26O4Si/c1-7-12(2)16(3)19-11-13-10-14(8-9-15(13)20-16)21(6,17-4)18-5/h8-10,12H,7,11H2,1-6H3. The van der Waals surface area contributed by atoms with Crippen LogP contribution in [0.2, 0.25) is 6.55 Å². The molecule has 1 aliphatic heterocycles. The van der Waals surface area contributed by atoms with Crippen LogP contribution in [0.15, 0.2) is 18.2 Å². The molecule has 0 N–H and O–H groups in total. The molecule has 1 aliphatic rings. The highest BCUT2D eigenvalue weighted by molar-refractivity contribution is 6.79. The molecule has 0 bridgehead atoms. The van der Waals surface area contributed by atoms with Gasteiger partial charge >= 0.3 is 8.56 Å². The maximum atomic E-state index is 6.12. The summed E-state index contributed by atoms with van der Waals surface area (Å²) in [5, 5.41) is 1.09. The van der Waals surface area contributed by atoms with Crippen molar-refractivity contribution in [1.29, 1.82) is 0 Å². The number of fused-ring (bicyclic) bond motifs is 1. The van der Waals surface area contributed by atoms with Crippen LogP contribution in [0.25, 0.3) is 0 Å². The van der Waals surface area contributed by atoms with Crippen molar-refractivity contribution in [3.63, 3.8) is 0 Å². The first-order chi connectivity index (χ1) is 9.88.